The van der Waals surface area contributed by atoms with E-state index in [4.69, 9.17) is 11.6 Å². The van der Waals surface area contributed by atoms with Gasteiger partial charge in [-0.25, -0.2) is 4.79 Å². The smallest absolute Gasteiger partial charge is 0.321 e. The van der Waals surface area contributed by atoms with Gasteiger partial charge in [-0.05, 0) is 47.7 Å². The molecule has 0 spiro atoms. The van der Waals surface area contributed by atoms with Gasteiger partial charge in [-0.3, -0.25) is 4.79 Å². The van der Waals surface area contributed by atoms with E-state index in [1.807, 2.05) is 31.2 Å². The number of carbonyl (C=O) groups excluding carboxylic acids is 2. The quantitative estimate of drug-likeness (QED) is 0.767. The van der Waals surface area contributed by atoms with E-state index in [9.17, 15) is 9.59 Å². The minimum atomic E-state index is -0.197. The Morgan fingerprint density at radius 3 is 2.26 bits per heavy atom. The van der Waals surface area contributed by atoms with E-state index in [0.717, 1.165) is 35.2 Å². The summed E-state index contributed by atoms with van der Waals surface area (Å²) < 4.78 is 0. The third kappa shape index (κ3) is 5.01. The van der Waals surface area contributed by atoms with E-state index in [1.54, 1.807) is 31.1 Å². The molecular formula is C21H26ClN3O2. The van der Waals surface area contributed by atoms with Crippen LogP contribution in [-0.4, -0.2) is 30.9 Å². The number of hydrogen-bond acceptors (Lipinski definition) is 2. The van der Waals surface area contributed by atoms with Gasteiger partial charge in [-0.15, -0.1) is 0 Å². The van der Waals surface area contributed by atoms with E-state index in [1.165, 1.54) is 0 Å². The molecule has 0 fully saturated rings. The molecule has 0 saturated heterocycles. The number of rotatable bonds is 6. The number of carbonyl (C=O) groups is 2. The minimum Gasteiger partial charge on any atom is -0.355 e. The van der Waals surface area contributed by atoms with Crippen LogP contribution in [-0.2, 0) is 19.4 Å². The molecule has 0 heterocycles. The molecule has 0 aromatic heterocycles. The zero-order valence-corrected chi connectivity index (χ0v) is 17.0. The summed E-state index contributed by atoms with van der Waals surface area (Å²) in [5.74, 6) is -0.132. The topological polar surface area (TPSA) is 61.4 Å². The highest BCUT2D eigenvalue weighted by Gasteiger charge is 2.16. The van der Waals surface area contributed by atoms with Crippen LogP contribution in [0.3, 0.4) is 0 Å². The summed E-state index contributed by atoms with van der Waals surface area (Å²) in [6.45, 7) is 4.51. The highest BCUT2D eigenvalue weighted by atomic mass is 35.5. The lowest BCUT2D eigenvalue weighted by Gasteiger charge is -2.21. The van der Waals surface area contributed by atoms with Crippen molar-refractivity contribution in [2.24, 2.45) is 0 Å². The van der Waals surface area contributed by atoms with Crippen molar-refractivity contribution in [2.75, 3.05) is 19.4 Å². The van der Waals surface area contributed by atoms with Crippen molar-refractivity contribution < 1.29 is 9.59 Å². The van der Waals surface area contributed by atoms with Crippen molar-refractivity contribution in [1.82, 2.24) is 10.2 Å². The number of urea groups is 1. The minimum absolute atomic E-state index is 0.132. The molecule has 3 amide bonds. The summed E-state index contributed by atoms with van der Waals surface area (Å²) in [7, 11) is 3.34. The first kappa shape index (κ1) is 20.8. The lowest BCUT2D eigenvalue weighted by molar-refractivity contribution is 0.0963. The van der Waals surface area contributed by atoms with Crippen LogP contribution in [0.4, 0.5) is 10.5 Å². The fourth-order valence-corrected chi connectivity index (χ4v) is 3.21. The maximum Gasteiger partial charge on any atom is 0.321 e. The Balaban J connectivity index is 2.12. The van der Waals surface area contributed by atoms with Crippen LogP contribution >= 0.6 is 11.6 Å². The SMILES string of the molecule is CCc1ccc(Cl)c(CC)c1NC(=O)N(C)Cc1ccc(C(=O)NC)cc1. The Hall–Kier alpha value is -2.53. The van der Waals surface area contributed by atoms with Gasteiger partial charge in [0.1, 0.15) is 0 Å². The predicted octanol–water partition coefficient (Wildman–Crippen LogP) is 4.49. The molecule has 6 heteroatoms. The summed E-state index contributed by atoms with van der Waals surface area (Å²) in [6.07, 6.45) is 1.55. The maximum absolute atomic E-state index is 12.7. The zero-order valence-electron chi connectivity index (χ0n) is 16.2. The number of nitrogens with zero attached hydrogens (tertiary/aromatic N) is 1. The first-order valence-corrected chi connectivity index (χ1v) is 9.42. The van der Waals surface area contributed by atoms with Gasteiger partial charge in [-0.2, -0.15) is 0 Å². The lowest BCUT2D eigenvalue weighted by Crippen LogP contribution is -2.31. The van der Waals surface area contributed by atoms with Crippen molar-refractivity contribution in [2.45, 2.75) is 33.2 Å². The Labute approximate surface area is 165 Å². The van der Waals surface area contributed by atoms with E-state index >= 15 is 0 Å². The van der Waals surface area contributed by atoms with Crippen molar-refractivity contribution in [3.63, 3.8) is 0 Å². The molecule has 2 aromatic rings. The number of nitrogens with one attached hydrogen (secondary N) is 2. The molecule has 27 heavy (non-hydrogen) atoms. The van der Waals surface area contributed by atoms with Crippen LogP contribution in [0.25, 0.3) is 0 Å². The van der Waals surface area contributed by atoms with Gasteiger partial charge in [0.25, 0.3) is 5.91 Å². The summed E-state index contributed by atoms with van der Waals surface area (Å²) in [5.41, 5.74) is 4.35. The summed E-state index contributed by atoms with van der Waals surface area (Å²) in [5, 5.41) is 6.27. The molecule has 0 unspecified atom stereocenters. The number of halogens is 1. The number of benzene rings is 2. The molecule has 0 atom stereocenters. The lowest BCUT2D eigenvalue weighted by atomic mass is 10.0. The number of anilines is 1. The van der Waals surface area contributed by atoms with Gasteiger partial charge < -0.3 is 15.5 Å². The van der Waals surface area contributed by atoms with Gasteiger partial charge in [0.15, 0.2) is 0 Å². The van der Waals surface area contributed by atoms with Crippen LogP contribution < -0.4 is 10.6 Å². The van der Waals surface area contributed by atoms with Crippen LogP contribution in [0.2, 0.25) is 5.02 Å². The monoisotopic (exact) mass is 387 g/mol. The van der Waals surface area contributed by atoms with Crippen LogP contribution in [0.15, 0.2) is 36.4 Å². The number of hydrogen-bond donors (Lipinski definition) is 2. The van der Waals surface area contributed by atoms with Crippen LogP contribution in [0.1, 0.15) is 40.9 Å². The summed E-state index contributed by atoms with van der Waals surface area (Å²) in [4.78, 5) is 25.9. The highest BCUT2D eigenvalue weighted by molar-refractivity contribution is 6.32. The maximum atomic E-state index is 12.7. The number of aryl methyl sites for hydroxylation is 1. The van der Waals surface area contributed by atoms with Crippen molar-refractivity contribution in [1.29, 1.82) is 0 Å². The first-order chi connectivity index (χ1) is 12.9. The van der Waals surface area contributed by atoms with Gasteiger partial charge >= 0.3 is 6.03 Å². The molecule has 0 radical (unpaired) electrons. The Morgan fingerprint density at radius 1 is 1.04 bits per heavy atom. The van der Waals surface area contributed by atoms with Gasteiger partial charge in [0, 0.05) is 31.2 Å². The predicted molar refractivity (Wildman–Crippen MR) is 111 cm³/mol. The molecule has 0 aliphatic heterocycles. The van der Waals surface area contributed by atoms with Crippen LogP contribution in [0, 0.1) is 0 Å². The third-order valence-electron chi connectivity index (χ3n) is 4.52. The molecule has 0 saturated carbocycles. The van der Waals surface area contributed by atoms with E-state index in [-0.39, 0.29) is 11.9 Å². The van der Waals surface area contributed by atoms with Crippen molar-refractivity contribution >= 4 is 29.2 Å². The van der Waals surface area contributed by atoms with Crippen molar-refractivity contribution in [3.8, 4) is 0 Å². The number of amides is 3. The van der Waals surface area contributed by atoms with E-state index in [2.05, 4.69) is 17.6 Å². The molecular weight excluding hydrogens is 362 g/mol. The Bertz CT molecular complexity index is 819. The van der Waals surface area contributed by atoms with E-state index < -0.39 is 0 Å². The zero-order chi connectivity index (χ0) is 20.0. The Morgan fingerprint density at radius 2 is 1.70 bits per heavy atom. The third-order valence-corrected chi connectivity index (χ3v) is 4.87. The first-order valence-electron chi connectivity index (χ1n) is 9.04. The fourth-order valence-electron chi connectivity index (χ4n) is 2.92. The van der Waals surface area contributed by atoms with Crippen LogP contribution in [0.5, 0.6) is 0 Å². The normalized spacial score (nSPS) is 10.4. The van der Waals surface area contributed by atoms with Gasteiger partial charge in [0.05, 0.1) is 5.69 Å². The molecule has 0 aliphatic carbocycles. The second kappa shape index (κ2) is 9.42. The van der Waals surface area contributed by atoms with Gasteiger partial charge in [0.2, 0.25) is 0 Å². The standard InChI is InChI=1S/C21H26ClN3O2/c1-5-15-11-12-18(22)17(6-2)19(15)24-21(27)25(4)13-14-7-9-16(10-8-14)20(26)23-3/h7-12H,5-6,13H2,1-4H3,(H,23,26)(H,24,27). The second-order valence-corrected chi connectivity index (χ2v) is 6.74. The van der Waals surface area contributed by atoms with E-state index in [0.29, 0.717) is 17.1 Å². The fraction of sp³-hybridized carbons (Fsp3) is 0.333. The average Bonchev–Trinajstić information content (AvgIpc) is 2.68. The van der Waals surface area contributed by atoms with Crippen molar-refractivity contribution in [3.05, 3.63) is 63.7 Å². The molecule has 2 N–H and O–H groups in total. The second-order valence-electron chi connectivity index (χ2n) is 6.33. The summed E-state index contributed by atoms with van der Waals surface area (Å²) in [6, 6.07) is 10.8. The molecule has 2 aromatic carbocycles. The highest BCUT2D eigenvalue weighted by Crippen LogP contribution is 2.29. The molecule has 144 valence electrons. The Kier molecular flexibility index (Phi) is 7.25. The molecule has 2 rings (SSSR count). The molecule has 5 nitrogen and oxygen atoms in total. The van der Waals surface area contributed by atoms with Gasteiger partial charge in [-0.1, -0.05) is 43.6 Å². The average molecular weight is 388 g/mol. The molecule has 0 aliphatic rings. The molecule has 0 bridgehead atoms. The largest absolute Gasteiger partial charge is 0.355 e. The summed E-state index contributed by atoms with van der Waals surface area (Å²) >= 11 is 6.31.